The van der Waals surface area contributed by atoms with Crippen LogP contribution in [0.2, 0.25) is 0 Å². The average molecular weight is 232 g/mol. The van der Waals surface area contributed by atoms with Gasteiger partial charge in [0.15, 0.2) is 0 Å². The number of nitrogens with zero attached hydrogens (tertiary/aromatic N) is 1. The Hall–Kier alpha value is -0.540. The van der Waals surface area contributed by atoms with Crippen LogP contribution in [-0.2, 0) is 6.54 Å². The van der Waals surface area contributed by atoms with Crippen LogP contribution >= 0.6 is 0 Å². The van der Waals surface area contributed by atoms with Gasteiger partial charge in [-0.05, 0) is 18.3 Å². The van der Waals surface area contributed by atoms with Gasteiger partial charge in [-0.15, -0.1) is 0 Å². The molecule has 1 aromatic heterocycles. The van der Waals surface area contributed by atoms with Crippen LogP contribution < -0.4 is 17.7 Å². The molecule has 0 unspecified atom stereocenters. The highest BCUT2D eigenvalue weighted by Gasteiger charge is 2.09. The third-order valence-corrected chi connectivity index (χ3v) is 2.25. The van der Waals surface area contributed by atoms with Crippen molar-refractivity contribution in [3.8, 4) is 0 Å². The Bertz CT molecular complexity index is 239. The molecule has 3 N–H and O–H groups in total. The van der Waals surface area contributed by atoms with Crippen molar-refractivity contribution in [2.24, 2.45) is 5.41 Å². The fourth-order valence-corrected chi connectivity index (χ4v) is 1.43. The molecule has 0 radical (unpaired) electrons. The lowest BCUT2D eigenvalue weighted by Crippen LogP contribution is -3.00. The molecule has 0 aliphatic heterocycles. The summed E-state index contributed by atoms with van der Waals surface area (Å²) in [5.41, 5.74) is 1.68. The Balaban J connectivity index is 0.00000196. The number of imidazole rings is 1. The number of halogens is 1. The number of H-pyrrole nitrogens is 1. The molecule has 15 heavy (non-hydrogen) atoms. The van der Waals surface area contributed by atoms with E-state index < -0.39 is 0 Å². The van der Waals surface area contributed by atoms with E-state index >= 15 is 0 Å². The van der Waals surface area contributed by atoms with Gasteiger partial charge in [-0.1, -0.05) is 20.8 Å². The molecule has 1 aromatic rings. The van der Waals surface area contributed by atoms with Crippen molar-refractivity contribution in [1.82, 2.24) is 9.97 Å². The molecular formula is C11H22ClN3. The lowest BCUT2D eigenvalue weighted by molar-refractivity contribution is -0.671. The van der Waals surface area contributed by atoms with Crippen LogP contribution in [0.4, 0.5) is 0 Å². The van der Waals surface area contributed by atoms with Gasteiger partial charge in [0.2, 0.25) is 0 Å². The van der Waals surface area contributed by atoms with Crippen molar-refractivity contribution in [1.29, 1.82) is 0 Å². The van der Waals surface area contributed by atoms with E-state index in [1.165, 1.54) is 25.1 Å². The fourth-order valence-electron chi connectivity index (χ4n) is 1.43. The molecule has 0 saturated carbocycles. The number of nitrogens with one attached hydrogen (secondary N) is 1. The summed E-state index contributed by atoms with van der Waals surface area (Å²) in [5.74, 6) is 0. The summed E-state index contributed by atoms with van der Waals surface area (Å²) in [6.07, 6.45) is 6.21. The first-order chi connectivity index (χ1) is 6.58. The summed E-state index contributed by atoms with van der Waals surface area (Å²) in [7, 11) is 0. The van der Waals surface area contributed by atoms with Crippen LogP contribution in [0.25, 0.3) is 0 Å². The van der Waals surface area contributed by atoms with Gasteiger partial charge in [0.1, 0.15) is 6.54 Å². The van der Waals surface area contributed by atoms with Gasteiger partial charge < -0.3 is 22.7 Å². The number of aromatic nitrogens is 2. The van der Waals surface area contributed by atoms with Crippen molar-refractivity contribution in [3.05, 3.63) is 18.2 Å². The van der Waals surface area contributed by atoms with E-state index in [1.54, 1.807) is 6.33 Å². The Labute approximate surface area is 98.5 Å². The maximum atomic E-state index is 3.98. The normalized spacial score (nSPS) is 11.1. The second kappa shape index (κ2) is 6.85. The molecule has 1 rings (SSSR count). The summed E-state index contributed by atoms with van der Waals surface area (Å²) in [5, 5.41) is 2.33. The second-order valence-corrected chi connectivity index (χ2v) is 5.02. The highest BCUT2D eigenvalue weighted by molar-refractivity contribution is 4.90. The van der Waals surface area contributed by atoms with Crippen LogP contribution in [0.1, 0.15) is 39.3 Å². The van der Waals surface area contributed by atoms with E-state index in [0.717, 1.165) is 6.54 Å². The number of hydrogen-bond acceptors (Lipinski definition) is 1. The van der Waals surface area contributed by atoms with Crippen LogP contribution in [0.15, 0.2) is 12.5 Å². The Morgan fingerprint density at radius 2 is 2.13 bits per heavy atom. The minimum Gasteiger partial charge on any atom is -1.00 e. The Morgan fingerprint density at radius 1 is 1.40 bits per heavy atom. The maximum absolute atomic E-state index is 3.98. The fraction of sp³-hybridized carbons (Fsp3) is 0.727. The molecule has 0 bridgehead atoms. The summed E-state index contributed by atoms with van der Waals surface area (Å²) < 4.78 is 0. The van der Waals surface area contributed by atoms with Crippen molar-refractivity contribution in [3.63, 3.8) is 0 Å². The molecule has 88 valence electrons. The van der Waals surface area contributed by atoms with Crippen molar-refractivity contribution in [2.75, 3.05) is 6.54 Å². The van der Waals surface area contributed by atoms with E-state index in [1.807, 2.05) is 6.20 Å². The number of hydrogen-bond donors (Lipinski definition) is 2. The highest BCUT2D eigenvalue weighted by Crippen LogP contribution is 2.19. The zero-order chi connectivity index (χ0) is 10.4. The van der Waals surface area contributed by atoms with Crippen molar-refractivity contribution in [2.45, 2.75) is 40.2 Å². The summed E-state index contributed by atoms with van der Waals surface area (Å²) >= 11 is 0. The predicted molar refractivity (Wildman–Crippen MR) is 57.8 cm³/mol. The quantitative estimate of drug-likeness (QED) is 0.584. The van der Waals surface area contributed by atoms with E-state index in [9.17, 15) is 0 Å². The zero-order valence-electron chi connectivity index (χ0n) is 9.89. The SMILES string of the molecule is CC(C)(C)CCC[NH2+]Cc1cnc[nH]1.[Cl-]. The average Bonchev–Trinajstić information content (AvgIpc) is 2.54. The van der Waals surface area contributed by atoms with E-state index in [-0.39, 0.29) is 12.4 Å². The minimum absolute atomic E-state index is 0. The van der Waals surface area contributed by atoms with Gasteiger partial charge in [-0.25, -0.2) is 4.98 Å². The van der Waals surface area contributed by atoms with Gasteiger partial charge in [0.05, 0.1) is 24.8 Å². The first-order valence-corrected chi connectivity index (χ1v) is 5.37. The van der Waals surface area contributed by atoms with Crippen molar-refractivity contribution >= 4 is 0 Å². The van der Waals surface area contributed by atoms with Crippen LogP contribution in [0, 0.1) is 5.41 Å². The number of aromatic amines is 1. The van der Waals surface area contributed by atoms with Crippen LogP contribution in [0.5, 0.6) is 0 Å². The molecule has 4 heteroatoms. The first-order valence-electron chi connectivity index (χ1n) is 5.37. The van der Waals surface area contributed by atoms with Gasteiger partial charge in [0.25, 0.3) is 0 Å². The molecule has 0 saturated heterocycles. The zero-order valence-corrected chi connectivity index (χ0v) is 10.6. The Kier molecular flexibility index (Phi) is 6.61. The summed E-state index contributed by atoms with van der Waals surface area (Å²) in [4.78, 5) is 7.09. The first kappa shape index (κ1) is 14.5. The van der Waals surface area contributed by atoms with Crippen molar-refractivity contribution < 1.29 is 17.7 Å². The van der Waals surface area contributed by atoms with E-state index in [2.05, 4.69) is 36.1 Å². The van der Waals surface area contributed by atoms with Crippen LogP contribution in [-0.4, -0.2) is 16.5 Å². The molecule has 1 heterocycles. The predicted octanol–water partition coefficient (Wildman–Crippen LogP) is -1.70. The maximum Gasteiger partial charge on any atom is 0.118 e. The molecular weight excluding hydrogens is 210 g/mol. The van der Waals surface area contributed by atoms with E-state index in [0.29, 0.717) is 5.41 Å². The van der Waals surface area contributed by atoms with E-state index in [4.69, 9.17) is 0 Å². The number of rotatable bonds is 5. The van der Waals surface area contributed by atoms with Gasteiger partial charge in [-0.2, -0.15) is 0 Å². The Morgan fingerprint density at radius 3 is 2.67 bits per heavy atom. The molecule has 0 aliphatic rings. The molecule has 0 atom stereocenters. The highest BCUT2D eigenvalue weighted by atomic mass is 35.5. The summed E-state index contributed by atoms with van der Waals surface area (Å²) in [6.45, 7) is 9.10. The third-order valence-electron chi connectivity index (χ3n) is 2.25. The standard InChI is InChI=1S/C11H21N3.ClH/c1-11(2,3)5-4-6-12-7-10-8-13-9-14-10;/h8-9,12H,4-7H2,1-3H3,(H,13,14);1H. The smallest absolute Gasteiger partial charge is 0.118 e. The minimum atomic E-state index is 0. The summed E-state index contributed by atoms with van der Waals surface area (Å²) in [6, 6.07) is 0. The largest absolute Gasteiger partial charge is 1.00 e. The van der Waals surface area contributed by atoms with Gasteiger partial charge >= 0.3 is 0 Å². The molecule has 0 fully saturated rings. The lowest BCUT2D eigenvalue weighted by Gasteiger charge is -2.16. The topological polar surface area (TPSA) is 45.3 Å². The molecule has 0 spiro atoms. The second-order valence-electron chi connectivity index (χ2n) is 5.02. The third kappa shape index (κ3) is 7.40. The van der Waals surface area contributed by atoms with Gasteiger partial charge in [-0.3, -0.25) is 0 Å². The molecule has 3 nitrogen and oxygen atoms in total. The molecule has 0 amide bonds. The van der Waals surface area contributed by atoms with Gasteiger partial charge in [0, 0.05) is 0 Å². The lowest BCUT2D eigenvalue weighted by atomic mass is 9.91. The monoisotopic (exact) mass is 231 g/mol. The molecule has 0 aromatic carbocycles. The number of quaternary nitrogens is 1. The number of nitrogens with two attached hydrogens (primary N) is 1. The van der Waals surface area contributed by atoms with Crippen LogP contribution in [0.3, 0.4) is 0 Å². The molecule has 0 aliphatic carbocycles.